The molecular weight excluding hydrogens is 435 g/mol. The van der Waals surface area contributed by atoms with Crippen LogP contribution in [-0.2, 0) is 19.5 Å². The minimum Gasteiger partial charge on any atom is -0.447 e. The second kappa shape index (κ2) is 10.9. The number of hydrogen-bond acceptors (Lipinski definition) is 5. The molecule has 1 aromatic carbocycles. The lowest BCUT2D eigenvalue weighted by Crippen LogP contribution is -2.59. The normalized spacial score (nSPS) is 26.8. The Bertz CT molecular complexity index is 871. The van der Waals surface area contributed by atoms with Crippen LogP contribution in [0.25, 0.3) is 0 Å². The molecule has 9 heteroatoms. The number of sulfonamides is 1. The highest BCUT2D eigenvalue weighted by Crippen LogP contribution is 2.34. The lowest BCUT2D eigenvalue weighted by atomic mass is 9.82. The molecule has 2 fully saturated rings. The fourth-order valence-electron chi connectivity index (χ4n) is 4.73. The Hall–Kier alpha value is -1.71. The Morgan fingerprint density at radius 1 is 1.22 bits per heavy atom. The summed E-state index contributed by atoms with van der Waals surface area (Å²) in [5.41, 5.74) is 1.02. The lowest BCUT2D eigenvalue weighted by molar-refractivity contribution is -0.0296. The van der Waals surface area contributed by atoms with Gasteiger partial charge >= 0.3 is 6.09 Å². The summed E-state index contributed by atoms with van der Waals surface area (Å²) in [6.07, 6.45) is 5.28. The Kier molecular flexibility index (Phi) is 8.52. The molecule has 1 saturated carbocycles. The number of benzene rings is 1. The fourth-order valence-corrected chi connectivity index (χ4v) is 5.55. The minimum absolute atomic E-state index is 0.0311. The average molecular weight is 471 g/mol. The fraction of sp³-hybridized carbons (Fsp3) is 0.696. The van der Waals surface area contributed by atoms with Crippen LogP contribution in [0.3, 0.4) is 0 Å². The van der Waals surface area contributed by atoms with E-state index in [1.54, 1.807) is 30.9 Å². The SMILES string of the molecule is CC(C)OC(=O)N1CCC[C@H](NS(C)(=O)=O)[C@@H]1CO[C@H]1CC[C@@H](c2cccc(F)c2)CC1. The Labute approximate surface area is 190 Å². The van der Waals surface area contributed by atoms with Gasteiger partial charge in [0, 0.05) is 12.6 Å². The maximum atomic E-state index is 13.5. The zero-order chi connectivity index (χ0) is 23.3. The zero-order valence-electron chi connectivity index (χ0n) is 19.1. The predicted molar refractivity (Wildman–Crippen MR) is 120 cm³/mol. The lowest BCUT2D eigenvalue weighted by Gasteiger charge is -2.41. The van der Waals surface area contributed by atoms with E-state index in [1.165, 1.54) is 6.07 Å². The van der Waals surface area contributed by atoms with Gasteiger partial charge in [-0.3, -0.25) is 0 Å². The quantitative estimate of drug-likeness (QED) is 0.655. The van der Waals surface area contributed by atoms with Gasteiger partial charge in [0.1, 0.15) is 5.82 Å². The number of hydrogen-bond donors (Lipinski definition) is 1. The summed E-state index contributed by atoms with van der Waals surface area (Å²) in [7, 11) is -3.43. The van der Waals surface area contributed by atoms with Crippen LogP contribution < -0.4 is 4.72 Å². The number of halogens is 1. The zero-order valence-corrected chi connectivity index (χ0v) is 19.9. The number of nitrogens with one attached hydrogen (secondary N) is 1. The van der Waals surface area contributed by atoms with Crippen molar-refractivity contribution >= 4 is 16.1 Å². The number of carbonyl (C=O) groups excluding carboxylic acids is 1. The molecule has 0 aromatic heterocycles. The summed E-state index contributed by atoms with van der Waals surface area (Å²) in [4.78, 5) is 14.3. The van der Waals surface area contributed by atoms with Gasteiger partial charge in [0.25, 0.3) is 0 Å². The van der Waals surface area contributed by atoms with Gasteiger partial charge in [0.15, 0.2) is 0 Å². The molecule has 2 atom stereocenters. The topological polar surface area (TPSA) is 84.9 Å². The van der Waals surface area contributed by atoms with Crippen molar-refractivity contribution in [1.29, 1.82) is 0 Å². The van der Waals surface area contributed by atoms with Gasteiger partial charge in [-0.15, -0.1) is 0 Å². The van der Waals surface area contributed by atoms with Gasteiger partial charge in [-0.05, 0) is 76.0 Å². The first-order valence-electron chi connectivity index (χ1n) is 11.4. The Balaban J connectivity index is 1.61. The molecule has 1 aliphatic heterocycles. The maximum absolute atomic E-state index is 13.5. The molecule has 32 heavy (non-hydrogen) atoms. The summed E-state index contributed by atoms with van der Waals surface area (Å²) in [5.74, 6) is 0.105. The molecule has 0 radical (unpaired) electrons. The standard InChI is InChI=1S/C23H35FN2O5S/c1-16(2)31-23(27)26-13-5-8-21(25-32(3,28)29)22(26)15-30-20-11-9-17(10-12-20)18-6-4-7-19(24)14-18/h4,6-7,14,16-17,20-22,25H,5,8-13,15H2,1-3H3/t17-,20+,21-,22-/m0/s1. The maximum Gasteiger partial charge on any atom is 0.410 e. The van der Waals surface area contributed by atoms with E-state index in [0.717, 1.165) is 37.5 Å². The third-order valence-corrected chi connectivity index (χ3v) is 6.94. The van der Waals surface area contributed by atoms with Crippen LogP contribution in [0.1, 0.15) is 63.9 Å². The van der Waals surface area contributed by atoms with Crippen molar-refractivity contribution < 1.29 is 27.1 Å². The van der Waals surface area contributed by atoms with Gasteiger partial charge in [-0.1, -0.05) is 12.1 Å². The van der Waals surface area contributed by atoms with Crippen LogP contribution in [-0.4, -0.2) is 63.1 Å². The molecule has 1 saturated heterocycles. The van der Waals surface area contributed by atoms with E-state index in [-0.39, 0.29) is 24.6 Å². The molecule has 180 valence electrons. The molecule has 7 nitrogen and oxygen atoms in total. The summed E-state index contributed by atoms with van der Waals surface area (Å²) >= 11 is 0. The number of rotatable bonds is 7. The molecule has 0 spiro atoms. The third-order valence-electron chi connectivity index (χ3n) is 6.21. The highest BCUT2D eigenvalue weighted by Gasteiger charge is 2.38. The van der Waals surface area contributed by atoms with Crippen LogP contribution in [0, 0.1) is 5.82 Å². The van der Waals surface area contributed by atoms with E-state index < -0.39 is 28.2 Å². The summed E-state index contributed by atoms with van der Waals surface area (Å²) < 4.78 is 51.6. The predicted octanol–water partition coefficient (Wildman–Crippen LogP) is 3.80. The van der Waals surface area contributed by atoms with E-state index in [1.807, 2.05) is 6.07 Å². The Morgan fingerprint density at radius 2 is 1.94 bits per heavy atom. The highest BCUT2D eigenvalue weighted by molar-refractivity contribution is 7.88. The first-order valence-corrected chi connectivity index (χ1v) is 13.3. The van der Waals surface area contributed by atoms with Gasteiger partial charge in [-0.25, -0.2) is 22.3 Å². The molecule has 1 heterocycles. The highest BCUT2D eigenvalue weighted by atomic mass is 32.2. The smallest absolute Gasteiger partial charge is 0.410 e. The van der Waals surface area contributed by atoms with Gasteiger partial charge in [0.05, 0.1) is 31.1 Å². The largest absolute Gasteiger partial charge is 0.447 e. The second-order valence-electron chi connectivity index (χ2n) is 9.19. The molecule has 0 bridgehead atoms. The molecule has 2 aliphatic rings. The molecule has 1 amide bonds. The van der Waals surface area contributed by atoms with Gasteiger partial charge < -0.3 is 14.4 Å². The first-order chi connectivity index (χ1) is 15.1. The Morgan fingerprint density at radius 3 is 2.56 bits per heavy atom. The molecule has 1 aliphatic carbocycles. The van der Waals surface area contributed by atoms with Crippen molar-refractivity contribution in [3.63, 3.8) is 0 Å². The van der Waals surface area contributed by atoms with Crippen molar-refractivity contribution in [2.24, 2.45) is 0 Å². The van der Waals surface area contributed by atoms with E-state index in [0.29, 0.717) is 25.3 Å². The van der Waals surface area contributed by atoms with Crippen LogP contribution >= 0.6 is 0 Å². The van der Waals surface area contributed by atoms with E-state index in [9.17, 15) is 17.6 Å². The average Bonchev–Trinajstić information content (AvgIpc) is 2.71. The molecular formula is C23H35FN2O5S. The van der Waals surface area contributed by atoms with E-state index >= 15 is 0 Å². The number of amides is 1. The van der Waals surface area contributed by atoms with Gasteiger partial charge in [-0.2, -0.15) is 0 Å². The molecule has 1 aromatic rings. The first kappa shape index (κ1) is 24.9. The molecule has 1 N–H and O–H groups in total. The van der Waals surface area contributed by atoms with Crippen molar-refractivity contribution in [3.05, 3.63) is 35.6 Å². The number of likely N-dealkylation sites (tertiary alicyclic amines) is 1. The van der Waals surface area contributed by atoms with Gasteiger partial charge in [0.2, 0.25) is 10.0 Å². The summed E-state index contributed by atoms with van der Waals surface area (Å²) in [6, 6.07) is 5.94. The summed E-state index contributed by atoms with van der Waals surface area (Å²) in [6.45, 7) is 4.33. The summed E-state index contributed by atoms with van der Waals surface area (Å²) in [5, 5.41) is 0. The second-order valence-corrected chi connectivity index (χ2v) is 11.0. The minimum atomic E-state index is -3.43. The van der Waals surface area contributed by atoms with Crippen LogP contribution in [0.2, 0.25) is 0 Å². The monoisotopic (exact) mass is 470 g/mol. The molecule has 0 unspecified atom stereocenters. The van der Waals surface area contributed by atoms with Crippen LogP contribution in [0.5, 0.6) is 0 Å². The third kappa shape index (κ3) is 7.15. The number of piperidine rings is 1. The van der Waals surface area contributed by atoms with E-state index in [4.69, 9.17) is 9.47 Å². The van der Waals surface area contributed by atoms with Crippen molar-refractivity contribution in [2.45, 2.75) is 82.6 Å². The number of carbonyl (C=O) groups is 1. The van der Waals surface area contributed by atoms with Crippen molar-refractivity contribution in [3.8, 4) is 0 Å². The molecule has 3 rings (SSSR count). The number of ether oxygens (including phenoxy) is 2. The van der Waals surface area contributed by atoms with E-state index in [2.05, 4.69) is 4.72 Å². The number of nitrogens with zero attached hydrogens (tertiary/aromatic N) is 1. The van der Waals surface area contributed by atoms with Crippen LogP contribution in [0.15, 0.2) is 24.3 Å². The van der Waals surface area contributed by atoms with Crippen molar-refractivity contribution in [1.82, 2.24) is 9.62 Å². The van der Waals surface area contributed by atoms with Crippen molar-refractivity contribution in [2.75, 3.05) is 19.4 Å². The van der Waals surface area contributed by atoms with Crippen LogP contribution in [0.4, 0.5) is 9.18 Å².